The zero-order valence-electron chi connectivity index (χ0n) is 12.2. The number of aryl methyl sites for hydroxylation is 3. The Balaban J connectivity index is 2.25. The Hall–Kier alpha value is -1.18. The lowest BCUT2D eigenvalue weighted by Crippen LogP contribution is -2.07. The van der Waals surface area contributed by atoms with E-state index in [1.54, 1.807) is 0 Å². The summed E-state index contributed by atoms with van der Waals surface area (Å²) >= 11 is 12.4. The molecule has 0 amide bonds. The van der Waals surface area contributed by atoms with Crippen LogP contribution in [0, 0.1) is 20.8 Å². The van der Waals surface area contributed by atoms with Gasteiger partial charge in [-0.25, -0.2) is 0 Å². The standard InChI is InChI=1S/C17H19Cl2N/c1-10-5-6-14(7-11(10)2)13(4)20-17-9-15(18)12(3)8-16(17)19/h5-9,13,20H,1-4H3. The molecule has 0 saturated heterocycles. The molecule has 0 bridgehead atoms. The fraction of sp³-hybridized carbons (Fsp3) is 0.294. The molecule has 0 aliphatic carbocycles. The van der Waals surface area contributed by atoms with E-state index in [-0.39, 0.29) is 6.04 Å². The molecular formula is C17H19Cl2N. The van der Waals surface area contributed by atoms with Gasteiger partial charge in [-0.2, -0.15) is 0 Å². The van der Waals surface area contributed by atoms with Gasteiger partial charge in [0.1, 0.15) is 0 Å². The summed E-state index contributed by atoms with van der Waals surface area (Å²) in [4.78, 5) is 0. The summed E-state index contributed by atoms with van der Waals surface area (Å²) in [6.07, 6.45) is 0. The van der Waals surface area contributed by atoms with Crippen molar-refractivity contribution in [2.45, 2.75) is 33.7 Å². The summed E-state index contributed by atoms with van der Waals surface area (Å²) in [5, 5.41) is 4.85. The summed E-state index contributed by atoms with van der Waals surface area (Å²) in [5.41, 5.74) is 5.69. The molecule has 20 heavy (non-hydrogen) atoms. The SMILES string of the molecule is Cc1ccc(C(C)Nc2cc(Cl)c(C)cc2Cl)cc1C. The van der Waals surface area contributed by atoms with Gasteiger partial charge in [-0.1, -0.05) is 41.4 Å². The number of rotatable bonds is 3. The maximum atomic E-state index is 6.27. The molecule has 2 aromatic rings. The second-order valence-electron chi connectivity index (χ2n) is 5.29. The molecule has 1 nitrogen and oxygen atoms in total. The van der Waals surface area contributed by atoms with Gasteiger partial charge in [0.05, 0.1) is 10.7 Å². The smallest absolute Gasteiger partial charge is 0.0641 e. The average molecular weight is 308 g/mol. The van der Waals surface area contributed by atoms with Crippen LogP contribution in [0.5, 0.6) is 0 Å². The van der Waals surface area contributed by atoms with Gasteiger partial charge in [0.2, 0.25) is 0 Å². The minimum atomic E-state index is 0.172. The number of halogens is 2. The number of benzene rings is 2. The first kappa shape index (κ1) is 15.2. The van der Waals surface area contributed by atoms with E-state index in [0.29, 0.717) is 5.02 Å². The highest BCUT2D eigenvalue weighted by molar-refractivity contribution is 6.35. The van der Waals surface area contributed by atoms with Gasteiger partial charge < -0.3 is 5.32 Å². The van der Waals surface area contributed by atoms with Gasteiger partial charge in [-0.3, -0.25) is 0 Å². The second-order valence-corrected chi connectivity index (χ2v) is 6.11. The molecule has 0 radical (unpaired) electrons. The lowest BCUT2D eigenvalue weighted by Gasteiger charge is -2.18. The average Bonchev–Trinajstić information content (AvgIpc) is 2.39. The Bertz CT molecular complexity index is 635. The largest absolute Gasteiger partial charge is 0.377 e. The molecule has 2 rings (SSSR count). The highest BCUT2D eigenvalue weighted by Crippen LogP contribution is 2.31. The van der Waals surface area contributed by atoms with Crippen molar-refractivity contribution in [3.63, 3.8) is 0 Å². The van der Waals surface area contributed by atoms with Crippen LogP contribution in [0.15, 0.2) is 30.3 Å². The molecular weight excluding hydrogens is 289 g/mol. The lowest BCUT2D eigenvalue weighted by molar-refractivity contribution is 0.881. The van der Waals surface area contributed by atoms with E-state index in [1.807, 2.05) is 19.1 Å². The van der Waals surface area contributed by atoms with Gasteiger partial charge in [0.15, 0.2) is 0 Å². The maximum absolute atomic E-state index is 6.27. The quantitative estimate of drug-likeness (QED) is 0.723. The molecule has 0 aliphatic heterocycles. The Morgan fingerprint density at radius 2 is 1.55 bits per heavy atom. The molecule has 0 aromatic heterocycles. The van der Waals surface area contributed by atoms with Crippen LogP contribution < -0.4 is 5.32 Å². The van der Waals surface area contributed by atoms with E-state index < -0.39 is 0 Å². The third-order valence-electron chi connectivity index (χ3n) is 3.65. The molecule has 0 spiro atoms. The summed E-state index contributed by atoms with van der Waals surface area (Å²) in [5.74, 6) is 0. The van der Waals surface area contributed by atoms with Crippen LogP contribution in [-0.4, -0.2) is 0 Å². The van der Waals surface area contributed by atoms with E-state index >= 15 is 0 Å². The van der Waals surface area contributed by atoms with E-state index in [2.05, 4.69) is 44.3 Å². The fourth-order valence-corrected chi connectivity index (χ4v) is 2.54. The lowest BCUT2D eigenvalue weighted by atomic mass is 10.0. The molecule has 1 N–H and O–H groups in total. The number of nitrogens with one attached hydrogen (secondary N) is 1. The van der Waals surface area contributed by atoms with Crippen LogP contribution in [0.3, 0.4) is 0 Å². The van der Waals surface area contributed by atoms with Crippen molar-refractivity contribution in [2.24, 2.45) is 0 Å². The first-order chi connectivity index (χ1) is 9.38. The van der Waals surface area contributed by atoms with Crippen molar-refractivity contribution in [2.75, 3.05) is 5.32 Å². The number of hydrogen-bond acceptors (Lipinski definition) is 1. The third-order valence-corrected chi connectivity index (χ3v) is 4.37. The zero-order chi connectivity index (χ0) is 14.9. The Kier molecular flexibility index (Phi) is 4.62. The van der Waals surface area contributed by atoms with E-state index in [1.165, 1.54) is 16.7 Å². The topological polar surface area (TPSA) is 12.0 Å². The maximum Gasteiger partial charge on any atom is 0.0641 e. The molecule has 0 saturated carbocycles. The summed E-state index contributed by atoms with van der Waals surface area (Å²) < 4.78 is 0. The van der Waals surface area contributed by atoms with Gasteiger partial charge in [-0.15, -0.1) is 0 Å². The van der Waals surface area contributed by atoms with E-state index in [9.17, 15) is 0 Å². The fourth-order valence-electron chi connectivity index (χ4n) is 2.11. The molecule has 106 valence electrons. The van der Waals surface area contributed by atoms with Crippen molar-refractivity contribution in [1.29, 1.82) is 0 Å². The Morgan fingerprint density at radius 3 is 2.20 bits per heavy atom. The van der Waals surface area contributed by atoms with Crippen molar-refractivity contribution >= 4 is 28.9 Å². The zero-order valence-corrected chi connectivity index (χ0v) is 13.7. The van der Waals surface area contributed by atoms with Crippen molar-refractivity contribution in [1.82, 2.24) is 0 Å². The predicted octanol–water partition coefficient (Wildman–Crippen LogP) is 6.09. The number of anilines is 1. The predicted molar refractivity (Wildman–Crippen MR) is 89.2 cm³/mol. The van der Waals surface area contributed by atoms with Crippen LogP contribution in [0.1, 0.15) is 35.2 Å². The molecule has 2 aromatic carbocycles. The molecule has 0 heterocycles. The minimum Gasteiger partial charge on any atom is -0.377 e. The van der Waals surface area contributed by atoms with Crippen molar-refractivity contribution in [3.8, 4) is 0 Å². The molecule has 3 heteroatoms. The molecule has 0 aliphatic rings. The summed E-state index contributed by atoms with van der Waals surface area (Å²) in [6, 6.07) is 10.4. The van der Waals surface area contributed by atoms with Crippen LogP contribution in [0.2, 0.25) is 10.0 Å². The third kappa shape index (κ3) is 3.28. The first-order valence-electron chi connectivity index (χ1n) is 6.68. The first-order valence-corrected chi connectivity index (χ1v) is 7.43. The highest BCUT2D eigenvalue weighted by atomic mass is 35.5. The minimum absolute atomic E-state index is 0.172. The van der Waals surface area contributed by atoms with Gasteiger partial charge >= 0.3 is 0 Å². The van der Waals surface area contributed by atoms with Gasteiger partial charge in [-0.05, 0) is 62.1 Å². The normalized spacial score (nSPS) is 12.3. The van der Waals surface area contributed by atoms with E-state index in [0.717, 1.165) is 16.3 Å². The number of hydrogen-bond donors (Lipinski definition) is 1. The van der Waals surface area contributed by atoms with Crippen molar-refractivity contribution < 1.29 is 0 Å². The van der Waals surface area contributed by atoms with Crippen LogP contribution in [0.4, 0.5) is 5.69 Å². The summed E-state index contributed by atoms with van der Waals surface area (Å²) in [6.45, 7) is 8.31. The Labute approximate surface area is 130 Å². The van der Waals surface area contributed by atoms with E-state index in [4.69, 9.17) is 23.2 Å². The van der Waals surface area contributed by atoms with Crippen LogP contribution in [-0.2, 0) is 0 Å². The summed E-state index contributed by atoms with van der Waals surface area (Å²) in [7, 11) is 0. The monoisotopic (exact) mass is 307 g/mol. The Morgan fingerprint density at radius 1 is 0.850 bits per heavy atom. The highest BCUT2D eigenvalue weighted by Gasteiger charge is 2.10. The molecule has 1 atom stereocenters. The van der Waals surface area contributed by atoms with Crippen molar-refractivity contribution in [3.05, 3.63) is 62.6 Å². The van der Waals surface area contributed by atoms with Crippen LogP contribution in [0.25, 0.3) is 0 Å². The van der Waals surface area contributed by atoms with Gasteiger partial charge in [0.25, 0.3) is 0 Å². The molecule has 1 unspecified atom stereocenters. The van der Waals surface area contributed by atoms with Crippen LogP contribution >= 0.6 is 23.2 Å². The second kappa shape index (κ2) is 6.07. The molecule has 0 fully saturated rings. The van der Waals surface area contributed by atoms with Gasteiger partial charge in [0, 0.05) is 11.1 Å².